The first-order valence-electron chi connectivity index (χ1n) is 8.86. The van der Waals surface area contributed by atoms with Crippen molar-refractivity contribution in [2.45, 2.75) is 18.8 Å². The monoisotopic (exact) mass is 365 g/mol. The fourth-order valence-electron chi connectivity index (χ4n) is 3.42. The molecule has 1 N–H and O–H groups in total. The van der Waals surface area contributed by atoms with Crippen molar-refractivity contribution in [2.75, 3.05) is 13.1 Å². The van der Waals surface area contributed by atoms with Gasteiger partial charge in [-0.25, -0.2) is 4.98 Å². The Hall–Kier alpha value is -2.59. The van der Waals surface area contributed by atoms with Crippen molar-refractivity contribution < 1.29 is 4.79 Å². The molecule has 0 spiro atoms. The maximum absolute atomic E-state index is 12.4. The van der Waals surface area contributed by atoms with Crippen molar-refractivity contribution in [1.29, 1.82) is 0 Å². The Morgan fingerprint density at radius 3 is 2.73 bits per heavy atom. The largest absolute Gasteiger partial charge is 0.342 e. The van der Waals surface area contributed by atoms with E-state index in [2.05, 4.69) is 4.98 Å². The third-order valence-electron chi connectivity index (χ3n) is 4.87. The summed E-state index contributed by atoms with van der Waals surface area (Å²) in [6, 6.07) is 15.6. The van der Waals surface area contributed by atoms with Crippen molar-refractivity contribution >= 4 is 34.6 Å². The number of carbonyl (C=O) groups excluding carboxylic acids is 1. The molecule has 1 aromatic heterocycles. The molecule has 1 saturated heterocycles. The number of aromatic nitrogens is 2. The van der Waals surface area contributed by atoms with E-state index in [1.807, 2.05) is 59.5 Å². The van der Waals surface area contributed by atoms with E-state index < -0.39 is 0 Å². The van der Waals surface area contributed by atoms with Gasteiger partial charge in [0.05, 0.1) is 11.0 Å². The molecule has 2 aromatic carbocycles. The normalized spacial score (nSPS) is 15.8. The van der Waals surface area contributed by atoms with Crippen LogP contribution >= 0.6 is 11.6 Å². The molecule has 0 aliphatic carbocycles. The second-order valence-electron chi connectivity index (χ2n) is 6.63. The number of H-pyrrole nitrogens is 1. The summed E-state index contributed by atoms with van der Waals surface area (Å²) in [5, 5.41) is 0.672. The standard InChI is InChI=1S/C21H20ClN3O/c22-17-5-3-4-15(14-17)8-9-20(26)25-12-10-16(11-13-25)21-23-18-6-1-2-7-19(18)24-21/h1-9,14,16H,10-13H2,(H,23,24)/b9-8+. The first-order valence-corrected chi connectivity index (χ1v) is 9.24. The third-order valence-corrected chi connectivity index (χ3v) is 5.10. The zero-order valence-electron chi connectivity index (χ0n) is 14.4. The SMILES string of the molecule is O=C(/C=C/c1cccc(Cl)c1)N1CCC(c2nc3ccccc3[nH]2)CC1. The topological polar surface area (TPSA) is 49.0 Å². The summed E-state index contributed by atoms with van der Waals surface area (Å²) in [6.45, 7) is 1.50. The Labute approximate surface area is 157 Å². The van der Waals surface area contributed by atoms with Crippen LogP contribution in [0.5, 0.6) is 0 Å². The number of nitrogens with zero attached hydrogens (tertiary/aromatic N) is 2. The molecule has 0 radical (unpaired) electrons. The number of benzene rings is 2. The minimum absolute atomic E-state index is 0.0491. The van der Waals surface area contributed by atoms with Gasteiger partial charge in [-0.2, -0.15) is 0 Å². The van der Waals surface area contributed by atoms with Crippen molar-refractivity contribution in [3.8, 4) is 0 Å². The van der Waals surface area contributed by atoms with E-state index in [9.17, 15) is 4.79 Å². The number of rotatable bonds is 3. The number of halogens is 1. The molecule has 1 aliphatic rings. The molecule has 5 heteroatoms. The van der Waals surface area contributed by atoms with E-state index in [1.165, 1.54) is 0 Å². The second kappa shape index (κ2) is 7.34. The molecule has 1 amide bonds. The lowest BCUT2D eigenvalue weighted by Gasteiger charge is -2.30. The molecular weight excluding hydrogens is 346 g/mol. The first kappa shape index (κ1) is 16.9. The highest BCUT2D eigenvalue weighted by atomic mass is 35.5. The minimum atomic E-state index is 0.0491. The lowest BCUT2D eigenvalue weighted by Crippen LogP contribution is -2.37. The second-order valence-corrected chi connectivity index (χ2v) is 7.06. The van der Waals surface area contributed by atoms with Crippen LogP contribution < -0.4 is 0 Å². The molecule has 4 nitrogen and oxygen atoms in total. The number of hydrogen-bond acceptors (Lipinski definition) is 2. The van der Waals surface area contributed by atoms with Crippen LogP contribution in [0.3, 0.4) is 0 Å². The van der Waals surface area contributed by atoms with Crippen LogP contribution in [0.2, 0.25) is 5.02 Å². The smallest absolute Gasteiger partial charge is 0.246 e. The Bertz CT molecular complexity index is 922. The number of aromatic amines is 1. The quantitative estimate of drug-likeness (QED) is 0.687. The van der Waals surface area contributed by atoms with Gasteiger partial charge in [-0.15, -0.1) is 0 Å². The van der Waals surface area contributed by atoms with Crippen LogP contribution in [0, 0.1) is 0 Å². The van der Waals surface area contributed by atoms with Gasteiger partial charge in [0.1, 0.15) is 5.82 Å². The Morgan fingerprint density at radius 1 is 1.15 bits per heavy atom. The van der Waals surface area contributed by atoms with Gasteiger partial charge in [-0.3, -0.25) is 4.79 Å². The lowest BCUT2D eigenvalue weighted by molar-refractivity contribution is -0.127. The number of imidazole rings is 1. The van der Waals surface area contributed by atoms with Gasteiger partial charge < -0.3 is 9.88 Å². The highest BCUT2D eigenvalue weighted by molar-refractivity contribution is 6.30. The molecule has 132 valence electrons. The van der Waals surface area contributed by atoms with Gasteiger partial charge in [0.15, 0.2) is 0 Å². The van der Waals surface area contributed by atoms with Gasteiger partial charge in [0, 0.05) is 30.1 Å². The number of likely N-dealkylation sites (tertiary alicyclic amines) is 1. The van der Waals surface area contributed by atoms with Crippen LogP contribution in [0.4, 0.5) is 0 Å². The van der Waals surface area contributed by atoms with Crippen LogP contribution in [0.15, 0.2) is 54.6 Å². The summed E-state index contributed by atoms with van der Waals surface area (Å²) >= 11 is 5.97. The summed E-state index contributed by atoms with van der Waals surface area (Å²) in [4.78, 5) is 22.5. The Kier molecular flexibility index (Phi) is 4.76. The van der Waals surface area contributed by atoms with Crippen LogP contribution in [0.25, 0.3) is 17.1 Å². The molecule has 4 rings (SSSR count). The average molecular weight is 366 g/mol. The summed E-state index contributed by atoms with van der Waals surface area (Å²) in [6.07, 6.45) is 5.31. The molecule has 0 unspecified atom stereocenters. The van der Waals surface area contributed by atoms with E-state index in [-0.39, 0.29) is 5.91 Å². The summed E-state index contributed by atoms with van der Waals surface area (Å²) in [5.41, 5.74) is 3.01. The van der Waals surface area contributed by atoms with E-state index >= 15 is 0 Å². The Balaban J connectivity index is 1.37. The van der Waals surface area contributed by atoms with Crippen molar-refractivity contribution in [3.05, 3.63) is 71.0 Å². The minimum Gasteiger partial charge on any atom is -0.342 e. The molecule has 0 atom stereocenters. The first-order chi connectivity index (χ1) is 12.7. The van der Waals surface area contributed by atoms with Gasteiger partial charge in [-0.05, 0) is 48.7 Å². The Morgan fingerprint density at radius 2 is 1.96 bits per heavy atom. The lowest BCUT2D eigenvalue weighted by atomic mass is 9.96. The van der Waals surface area contributed by atoms with E-state index in [4.69, 9.17) is 16.6 Å². The summed E-state index contributed by atoms with van der Waals surface area (Å²) in [7, 11) is 0. The molecule has 1 aliphatic heterocycles. The van der Waals surface area contributed by atoms with Crippen molar-refractivity contribution in [1.82, 2.24) is 14.9 Å². The fraction of sp³-hybridized carbons (Fsp3) is 0.238. The van der Waals surface area contributed by atoms with E-state index in [1.54, 1.807) is 6.08 Å². The fourth-order valence-corrected chi connectivity index (χ4v) is 3.62. The van der Waals surface area contributed by atoms with Gasteiger partial charge in [0.25, 0.3) is 0 Å². The van der Waals surface area contributed by atoms with Gasteiger partial charge >= 0.3 is 0 Å². The predicted molar refractivity (Wildman–Crippen MR) is 105 cm³/mol. The highest BCUT2D eigenvalue weighted by Gasteiger charge is 2.24. The summed E-state index contributed by atoms with van der Waals surface area (Å²) < 4.78 is 0. The molecule has 26 heavy (non-hydrogen) atoms. The molecule has 1 fully saturated rings. The third kappa shape index (κ3) is 3.65. The van der Waals surface area contributed by atoms with Crippen LogP contribution in [-0.2, 0) is 4.79 Å². The molecule has 0 bridgehead atoms. The van der Waals surface area contributed by atoms with Crippen LogP contribution in [0.1, 0.15) is 30.1 Å². The van der Waals surface area contributed by atoms with E-state index in [0.29, 0.717) is 10.9 Å². The number of para-hydroxylation sites is 2. The van der Waals surface area contributed by atoms with Gasteiger partial charge in [-0.1, -0.05) is 35.9 Å². The zero-order chi connectivity index (χ0) is 17.9. The maximum Gasteiger partial charge on any atom is 0.246 e. The predicted octanol–water partition coefficient (Wildman–Crippen LogP) is 4.64. The van der Waals surface area contributed by atoms with E-state index in [0.717, 1.165) is 48.4 Å². The number of nitrogens with one attached hydrogen (secondary N) is 1. The van der Waals surface area contributed by atoms with Crippen LogP contribution in [-0.4, -0.2) is 33.9 Å². The molecule has 3 aromatic rings. The number of fused-ring (bicyclic) bond motifs is 1. The van der Waals surface area contributed by atoms with Crippen molar-refractivity contribution in [3.63, 3.8) is 0 Å². The van der Waals surface area contributed by atoms with Gasteiger partial charge in [0.2, 0.25) is 5.91 Å². The highest BCUT2D eigenvalue weighted by Crippen LogP contribution is 2.27. The van der Waals surface area contributed by atoms with Crippen molar-refractivity contribution in [2.24, 2.45) is 0 Å². The number of carbonyl (C=O) groups is 1. The molecule has 0 saturated carbocycles. The number of amides is 1. The average Bonchev–Trinajstić information content (AvgIpc) is 3.10. The summed E-state index contributed by atoms with van der Waals surface area (Å²) in [5.74, 6) is 1.46. The molecular formula is C21H20ClN3O. The molecule has 2 heterocycles. The number of hydrogen-bond donors (Lipinski definition) is 1. The zero-order valence-corrected chi connectivity index (χ0v) is 15.1. The maximum atomic E-state index is 12.4. The number of piperidine rings is 1.